The summed E-state index contributed by atoms with van der Waals surface area (Å²) in [6.07, 6.45) is 3.15. The van der Waals surface area contributed by atoms with Crippen molar-refractivity contribution in [1.82, 2.24) is 14.8 Å². The lowest BCUT2D eigenvalue weighted by Crippen LogP contribution is -2.53. The first-order valence-electron chi connectivity index (χ1n) is 8.99. The molecule has 1 fully saturated rings. The minimum Gasteiger partial charge on any atom is -0.298 e. The molecule has 6 nitrogen and oxygen atoms in total. The smallest absolute Gasteiger partial charge is 0.265 e. The van der Waals surface area contributed by atoms with E-state index in [9.17, 15) is 14.4 Å². The second-order valence-corrected chi connectivity index (χ2v) is 7.07. The van der Waals surface area contributed by atoms with Gasteiger partial charge in [0.15, 0.2) is 5.11 Å². The fourth-order valence-electron chi connectivity index (χ4n) is 3.34. The van der Waals surface area contributed by atoms with Crippen LogP contribution < -0.4 is 5.32 Å². The van der Waals surface area contributed by atoms with Crippen molar-refractivity contribution in [1.29, 1.82) is 0 Å². The maximum absolute atomic E-state index is 13.1. The van der Waals surface area contributed by atoms with Crippen LogP contribution >= 0.6 is 12.2 Å². The molecular weight excluding hydrogens is 386 g/mol. The van der Waals surface area contributed by atoms with E-state index in [-0.39, 0.29) is 23.1 Å². The number of aromatic nitrogens is 1. The lowest BCUT2D eigenvalue weighted by Gasteiger charge is -2.29. The quantitative estimate of drug-likeness (QED) is 0.414. The van der Waals surface area contributed by atoms with E-state index in [0.717, 1.165) is 10.9 Å². The van der Waals surface area contributed by atoms with Gasteiger partial charge in [0.2, 0.25) is 5.91 Å². The van der Waals surface area contributed by atoms with Crippen LogP contribution in [0.15, 0.2) is 66.4 Å². The van der Waals surface area contributed by atoms with Crippen LogP contribution in [-0.2, 0) is 16.1 Å². The second-order valence-electron chi connectivity index (χ2n) is 6.68. The van der Waals surface area contributed by atoms with Gasteiger partial charge in [0.05, 0.1) is 12.1 Å². The molecule has 2 aromatic carbocycles. The summed E-state index contributed by atoms with van der Waals surface area (Å²) in [6, 6.07) is 16.7. The van der Waals surface area contributed by atoms with E-state index >= 15 is 0 Å². The van der Waals surface area contributed by atoms with Crippen LogP contribution in [-0.4, -0.2) is 32.3 Å². The van der Waals surface area contributed by atoms with E-state index < -0.39 is 11.8 Å². The van der Waals surface area contributed by atoms with Gasteiger partial charge >= 0.3 is 0 Å². The Hall–Kier alpha value is -3.58. The fourth-order valence-corrected chi connectivity index (χ4v) is 3.58. The monoisotopic (exact) mass is 403 g/mol. The highest BCUT2D eigenvalue weighted by Gasteiger charge is 2.33. The Morgan fingerprint density at radius 3 is 2.48 bits per heavy atom. The summed E-state index contributed by atoms with van der Waals surface area (Å²) < 4.78 is 1.50. The Labute approximate surface area is 172 Å². The maximum Gasteiger partial charge on any atom is 0.265 e. The van der Waals surface area contributed by atoms with E-state index in [1.807, 2.05) is 54.6 Å². The number of fused-ring (bicyclic) bond motifs is 1. The van der Waals surface area contributed by atoms with Crippen LogP contribution in [0.3, 0.4) is 0 Å². The van der Waals surface area contributed by atoms with E-state index in [1.165, 1.54) is 22.5 Å². The van der Waals surface area contributed by atoms with Gasteiger partial charge in [-0.25, -0.2) is 0 Å². The molecule has 7 heteroatoms. The lowest BCUT2D eigenvalue weighted by molar-refractivity contribution is -0.129. The number of carbonyl (C=O) groups excluding carboxylic acids is 3. The predicted molar refractivity (Wildman–Crippen MR) is 114 cm³/mol. The van der Waals surface area contributed by atoms with Gasteiger partial charge in [0.1, 0.15) is 5.57 Å². The van der Waals surface area contributed by atoms with Crippen molar-refractivity contribution in [3.63, 3.8) is 0 Å². The molecule has 0 atom stereocenters. The van der Waals surface area contributed by atoms with Crippen LogP contribution in [0.2, 0.25) is 0 Å². The molecule has 0 radical (unpaired) electrons. The average molecular weight is 403 g/mol. The molecule has 0 spiro atoms. The standard InChI is InChI=1S/C22H17N3O3S/c1-14(26)24-13-16(17-9-5-6-10-19(17)24)11-18-20(27)23-22(29)25(21(18)28)12-15-7-3-2-4-8-15/h2-11,13H,12H2,1H3,(H,23,27,29). The molecule has 1 aromatic heterocycles. The van der Waals surface area contributed by atoms with Gasteiger partial charge in [-0.1, -0.05) is 48.5 Å². The number of benzene rings is 2. The van der Waals surface area contributed by atoms with Crippen LogP contribution in [0.1, 0.15) is 22.8 Å². The molecule has 1 N–H and O–H groups in total. The van der Waals surface area contributed by atoms with Gasteiger partial charge in [-0.15, -0.1) is 0 Å². The normalized spacial score (nSPS) is 15.8. The van der Waals surface area contributed by atoms with Crippen molar-refractivity contribution in [2.75, 3.05) is 0 Å². The van der Waals surface area contributed by atoms with Crippen LogP contribution in [0.5, 0.6) is 0 Å². The first kappa shape index (κ1) is 18.8. The summed E-state index contributed by atoms with van der Waals surface area (Å²) in [6.45, 7) is 1.72. The highest BCUT2D eigenvalue weighted by Crippen LogP contribution is 2.25. The van der Waals surface area contributed by atoms with Crippen LogP contribution in [0, 0.1) is 0 Å². The summed E-state index contributed by atoms with van der Waals surface area (Å²) >= 11 is 5.21. The third kappa shape index (κ3) is 3.48. The average Bonchev–Trinajstić information content (AvgIpc) is 3.08. The molecule has 2 heterocycles. The third-order valence-corrected chi connectivity index (χ3v) is 5.07. The zero-order chi connectivity index (χ0) is 20.5. The number of nitrogens with one attached hydrogen (secondary N) is 1. The summed E-state index contributed by atoms with van der Waals surface area (Å²) in [4.78, 5) is 38.9. The zero-order valence-electron chi connectivity index (χ0n) is 15.6. The number of hydrogen-bond donors (Lipinski definition) is 1. The number of rotatable bonds is 3. The topological polar surface area (TPSA) is 71.4 Å². The fraction of sp³-hybridized carbons (Fsp3) is 0.0909. The molecule has 29 heavy (non-hydrogen) atoms. The molecule has 0 aliphatic carbocycles. The molecule has 3 aromatic rings. The molecular formula is C22H17N3O3S. The number of nitrogens with zero attached hydrogens (tertiary/aromatic N) is 2. The van der Waals surface area contributed by atoms with Gasteiger partial charge in [-0.2, -0.15) is 0 Å². The minimum absolute atomic E-state index is 0.0269. The summed E-state index contributed by atoms with van der Waals surface area (Å²) in [5.41, 5.74) is 2.20. The Kier molecular flexibility index (Phi) is 4.82. The summed E-state index contributed by atoms with van der Waals surface area (Å²) in [5.74, 6) is -1.18. The number of amides is 2. The van der Waals surface area contributed by atoms with Gasteiger partial charge in [-0.3, -0.25) is 29.2 Å². The van der Waals surface area contributed by atoms with Gasteiger partial charge in [0.25, 0.3) is 11.8 Å². The van der Waals surface area contributed by atoms with Crippen molar-refractivity contribution in [3.05, 3.63) is 77.5 Å². The van der Waals surface area contributed by atoms with Crippen LogP contribution in [0.4, 0.5) is 0 Å². The van der Waals surface area contributed by atoms with Gasteiger partial charge in [0, 0.05) is 24.1 Å². The summed E-state index contributed by atoms with van der Waals surface area (Å²) in [5, 5.41) is 3.44. The van der Waals surface area contributed by atoms with Crippen LogP contribution in [0.25, 0.3) is 17.0 Å². The van der Waals surface area contributed by atoms with E-state index in [4.69, 9.17) is 12.2 Å². The molecule has 1 aliphatic heterocycles. The van der Waals surface area contributed by atoms with E-state index in [0.29, 0.717) is 11.1 Å². The number of thiocarbonyl (C=S) groups is 1. The Balaban J connectivity index is 1.76. The Morgan fingerprint density at radius 2 is 1.76 bits per heavy atom. The van der Waals surface area contributed by atoms with Crippen molar-refractivity contribution < 1.29 is 14.4 Å². The largest absolute Gasteiger partial charge is 0.298 e. The Morgan fingerprint density at radius 1 is 1.07 bits per heavy atom. The molecule has 1 aliphatic rings. The number of para-hydroxylation sites is 1. The highest BCUT2D eigenvalue weighted by molar-refractivity contribution is 7.80. The van der Waals surface area contributed by atoms with E-state index in [1.54, 1.807) is 6.20 Å². The lowest BCUT2D eigenvalue weighted by atomic mass is 10.1. The zero-order valence-corrected chi connectivity index (χ0v) is 16.4. The SMILES string of the molecule is CC(=O)n1cc(C=C2C(=O)NC(=S)N(Cc3ccccc3)C2=O)c2ccccc21. The molecule has 0 bridgehead atoms. The van der Waals surface area contributed by atoms with E-state index in [2.05, 4.69) is 5.32 Å². The molecule has 0 saturated carbocycles. The maximum atomic E-state index is 13.1. The van der Waals surface area contributed by atoms with Crippen molar-refractivity contribution in [2.45, 2.75) is 13.5 Å². The second kappa shape index (κ2) is 7.44. The van der Waals surface area contributed by atoms with Gasteiger partial charge in [-0.05, 0) is 29.9 Å². The van der Waals surface area contributed by atoms with Crippen molar-refractivity contribution in [3.8, 4) is 0 Å². The molecule has 144 valence electrons. The first-order chi connectivity index (χ1) is 14.0. The molecule has 4 rings (SSSR count). The highest BCUT2D eigenvalue weighted by atomic mass is 32.1. The summed E-state index contributed by atoms with van der Waals surface area (Å²) in [7, 11) is 0. The third-order valence-electron chi connectivity index (χ3n) is 4.75. The number of carbonyl (C=O) groups is 3. The van der Waals surface area contributed by atoms with Crippen molar-refractivity contribution in [2.24, 2.45) is 0 Å². The number of hydrogen-bond acceptors (Lipinski definition) is 4. The molecule has 2 amide bonds. The molecule has 0 unspecified atom stereocenters. The first-order valence-corrected chi connectivity index (χ1v) is 9.40. The Bertz CT molecular complexity index is 1190. The van der Waals surface area contributed by atoms with Gasteiger partial charge < -0.3 is 0 Å². The predicted octanol–water partition coefficient (Wildman–Crippen LogP) is 3.13. The van der Waals surface area contributed by atoms with Crippen molar-refractivity contribution >= 4 is 52.0 Å². The molecule has 1 saturated heterocycles. The minimum atomic E-state index is -0.552.